The average Bonchev–Trinajstić information content (AvgIpc) is 3.62. The summed E-state index contributed by atoms with van der Waals surface area (Å²) in [6.07, 6.45) is -3.09. The van der Waals surface area contributed by atoms with E-state index in [9.17, 15) is 37.5 Å². The van der Waals surface area contributed by atoms with E-state index >= 15 is 0 Å². The van der Waals surface area contributed by atoms with Gasteiger partial charge in [-0.3, -0.25) is 19.2 Å². The number of aromatic nitrogens is 4. The van der Waals surface area contributed by atoms with Gasteiger partial charge in [0.25, 0.3) is 11.8 Å². The molecule has 1 aliphatic rings. The Kier molecular flexibility index (Phi) is 9.52. The second kappa shape index (κ2) is 12.8. The fourth-order valence-electron chi connectivity index (χ4n) is 5.38. The molecule has 3 aromatic heterocycles. The minimum Gasteiger partial charge on any atom is -0.530 e. The quantitative estimate of drug-likeness (QED) is 0.371. The summed E-state index contributed by atoms with van der Waals surface area (Å²) >= 11 is 0. The van der Waals surface area contributed by atoms with E-state index in [4.69, 9.17) is 14.9 Å². The van der Waals surface area contributed by atoms with Crippen LogP contribution in [0.5, 0.6) is 0 Å². The van der Waals surface area contributed by atoms with Crippen molar-refractivity contribution in [1.82, 2.24) is 24.6 Å². The number of hydrogen-bond donors (Lipinski definition) is 2. The van der Waals surface area contributed by atoms with Gasteiger partial charge in [0, 0.05) is 24.8 Å². The van der Waals surface area contributed by atoms with Crippen LogP contribution in [0.3, 0.4) is 0 Å². The fraction of sp³-hybridized carbons (Fsp3) is 0.500. The molecule has 1 saturated heterocycles. The minimum atomic E-state index is -4.78. The zero-order valence-corrected chi connectivity index (χ0v) is 27.2. The average molecular weight is 678 g/mol. The molecular formula is C30H36F3N8O7-. The third-order valence-electron chi connectivity index (χ3n) is 7.84. The van der Waals surface area contributed by atoms with Crippen molar-refractivity contribution in [3.63, 3.8) is 0 Å². The van der Waals surface area contributed by atoms with Crippen LogP contribution in [0.1, 0.15) is 75.4 Å². The minimum absolute atomic E-state index is 0.0330. The number of likely N-dealkylation sites (tertiary alicyclic amines) is 1. The Labute approximate surface area is 273 Å². The highest BCUT2D eigenvalue weighted by Gasteiger charge is 2.47. The number of pyridine rings is 1. The predicted molar refractivity (Wildman–Crippen MR) is 162 cm³/mol. The highest BCUT2D eigenvalue weighted by Crippen LogP contribution is 2.45. The number of hydrogen-bond acceptors (Lipinski definition) is 10. The molecule has 4 amide bonds. The lowest BCUT2D eigenvalue weighted by Crippen LogP contribution is -2.56. The molecule has 1 fully saturated rings. The van der Waals surface area contributed by atoms with Gasteiger partial charge in [-0.25, -0.2) is 14.8 Å². The number of carbonyl (C=O) groups excluding carboxylic acids is 4. The normalized spacial score (nSPS) is 15.1. The first-order chi connectivity index (χ1) is 22.1. The van der Waals surface area contributed by atoms with Crippen LogP contribution in [0.2, 0.25) is 0 Å². The molecule has 48 heavy (non-hydrogen) atoms. The molecular weight excluding hydrogens is 641 g/mol. The number of primary amides is 1. The highest BCUT2D eigenvalue weighted by molar-refractivity contribution is 6.07. The van der Waals surface area contributed by atoms with Gasteiger partial charge in [0.2, 0.25) is 5.89 Å². The third kappa shape index (κ3) is 7.86. The van der Waals surface area contributed by atoms with E-state index in [0.717, 1.165) is 18.5 Å². The maximum Gasteiger partial charge on any atom is 0.416 e. The smallest absolute Gasteiger partial charge is 0.416 e. The first-order valence-corrected chi connectivity index (χ1v) is 14.8. The van der Waals surface area contributed by atoms with E-state index in [1.807, 2.05) is 20.8 Å². The van der Waals surface area contributed by atoms with Gasteiger partial charge in [0.05, 0.1) is 17.4 Å². The number of carboxylic acid groups (broad SMARTS) is 1. The number of anilines is 2. The molecule has 0 bridgehead atoms. The summed E-state index contributed by atoms with van der Waals surface area (Å²) in [4.78, 5) is 59.2. The zero-order valence-electron chi connectivity index (χ0n) is 27.2. The van der Waals surface area contributed by atoms with E-state index in [1.165, 1.54) is 42.6 Å². The van der Waals surface area contributed by atoms with Gasteiger partial charge in [0.15, 0.2) is 11.4 Å². The van der Waals surface area contributed by atoms with Crippen LogP contribution in [-0.4, -0.2) is 80.1 Å². The van der Waals surface area contributed by atoms with Gasteiger partial charge < -0.3 is 35.0 Å². The molecule has 0 saturated carbocycles. The lowest BCUT2D eigenvalue weighted by Gasteiger charge is -2.50. The molecule has 1 aliphatic heterocycles. The summed E-state index contributed by atoms with van der Waals surface area (Å²) in [6, 6.07) is 2.47. The lowest BCUT2D eigenvalue weighted by atomic mass is 9.68. The van der Waals surface area contributed by atoms with Crippen molar-refractivity contribution in [2.75, 3.05) is 29.9 Å². The largest absolute Gasteiger partial charge is 0.530 e. The Hall–Kier alpha value is -5.16. The van der Waals surface area contributed by atoms with E-state index in [2.05, 4.69) is 20.4 Å². The number of carbonyl (C=O) groups is 4. The summed E-state index contributed by atoms with van der Waals surface area (Å²) < 4.78 is 52.2. The van der Waals surface area contributed by atoms with E-state index in [-0.39, 0.29) is 41.6 Å². The van der Waals surface area contributed by atoms with E-state index in [0.29, 0.717) is 17.7 Å². The first kappa shape index (κ1) is 35.7. The van der Waals surface area contributed by atoms with Gasteiger partial charge in [-0.05, 0) is 51.2 Å². The summed E-state index contributed by atoms with van der Waals surface area (Å²) in [7, 11) is 0. The Morgan fingerprint density at radius 1 is 1.12 bits per heavy atom. The van der Waals surface area contributed by atoms with Gasteiger partial charge in [0.1, 0.15) is 30.3 Å². The molecule has 0 spiro atoms. The molecule has 3 aromatic rings. The van der Waals surface area contributed by atoms with Crippen LogP contribution in [-0.2, 0) is 10.3 Å². The number of amides is 4. The van der Waals surface area contributed by atoms with Crippen LogP contribution in [0.25, 0.3) is 11.5 Å². The van der Waals surface area contributed by atoms with E-state index in [1.54, 1.807) is 0 Å². The first-order valence-electron chi connectivity index (χ1n) is 14.8. The predicted octanol–water partition coefficient (Wildman–Crippen LogP) is 3.77. The monoisotopic (exact) mass is 677 g/mol. The van der Waals surface area contributed by atoms with Gasteiger partial charge in [-0.15, -0.1) is 0 Å². The second-order valence-corrected chi connectivity index (χ2v) is 13.3. The maximum absolute atomic E-state index is 13.4. The Bertz CT molecular complexity index is 1700. The van der Waals surface area contributed by atoms with Crippen molar-refractivity contribution < 1.29 is 46.6 Å². The number of piperidine rings is 1. The molecule has 4 heterocycles. The molecule has 3 N–H and O–H groups in total. The van der Waals surface area contributed by atoms with Crippen LogP contribution in [0, 0.1) is 5.41 Å². The van der Waals surface area contributed by atoms with Crippen LogP contribution < -0.4 is 21.1 Å². The summed E-state index contributed by atoms with van der Waals surface area (Å²) in [5.74, 6) is -2.35. The molecule has 0 aromatic carbocycles. The number of rotatable bonds is 7. The van der Waals surface area contributed by atoms with Crippen molar-refractivity contribution in [3.8, 4) is 11.5 Å². The molecule has 18 heteroatoms. The molecule has 0 radical (unpaired) electrons. The van der Waals surface area contributed by atoms with Crippen molar-refractivity contribution in [2.24, 2.45) is 11.1 Å². The number of alkyl halides is 3. The van der Waals surface area contributed by atoms with Crippen molar-refractivity contribution in [3.05, 3.63) is 42.2 Å². The van der Waals surface area contributed by atoms with Crippen LogP contribution in [0.15, 0.2) is 35.2 Å². The Morgan fingerprint density at radius 3 is 2.31 bits per heavy atom. The highest BCUT2D eigenvalue weighted by atomic mass is 19.4. The Morgan fingerprint density at radius 2 is 1.77 bits per heavy atom. The summed E-state index contributed by atoms with van der Waals surface area (Å²) in [5, 5.41) is 18.4. The zero-order chi connectivity index (χ0) is 35.8. The van der Waals surface area contributed by atoms with Gasteiger partial charge in [-0.2, -0.15) is 18.3 Å². The van der Waals surface area contributed by atoms with Crippen LogP contribution in [0.4, 0.5) is 34.3 Å². The second-order valence-electron chi connectivity index (χ2n) is 13.3. The molecule has 0 aliphatic carbocycles. The van der Waals surface area contributed by atoms with Gasteiger partial charge in [-0.1, -0.05) is 20.8 Å². The summed E-state index contributed by atoms with van der Waals surface area (Å²) in [5.41, 5.74) is 2.82. The number of nitrogens with zero attached hydrogens (tertiary/aromatic N) is 6. The number of halogens is 3. The summed E-state index contributed by atoms with van der Waals surface area (Å²) in [6.45, 7) is 9.00. The topological polar surface area (TPSA) is 202 Å². The lowest BCUT2D eigenvalue weighted by molar-refractivity contribution is -0.267. The number of nitrogens with two attached hydrogens (primary N) is 1. The molecule has 15 nitrogen and oxygen atoms in total. The fourth-order valence-corrected chi connectivity index (χ4v) is 5.38. The molecule has 0 unspecified atom stereocenters. The molecule has 4 rings (SSSR count). The SMILES string of the molecule is CC(C)(C)OC(=O)N(CC(F)(F)F)c1cc(-c2nc(C(=O)Nc3cn(C4(C(C)(C)C)CCN(C(=O)[O-])CC4)nc3C(N)=O)co2)ccn1. The standard InChI is InChI=1S/C30H37F3N8O7/c1-27(2,3)29(8-11-39(12-9-29)25(44)45)41-14-18(21(38-41)22(34)42)36-23(43)19-15-47-24(37-19)17-7-10-35-20(13-17)40(16-30(31,32)33)26(46)48-28(4,5)6/h7,10,13-15H,8-9,11-12,16H2,1-6H3,(H2,34,42)(H,36,43)(H,44,45)/p-1. The van der Waals surface area contributed by atoms with Crippen molar-refractivity contribution in [1.29, 1.82) is 0 Å². The molecule has 0 atom stereocenters. The number of ether oxygens (including phenoxy) is 1. The maximum atomic E-state index is 13.4. The van der Waals surface area contributed by atoms with Crippen molar-refractivity contribution in [2.45, 2.75) is 71.7 Å². The van der Waals surface area contributed by atoms with Crippen LogP contribution >= 0.6 is 0 Å². The third-order valence-corrected chi connectivity index (χ3v) is 7.84. The van der Waals surface area contributed by atoms with Gasteiger partial charge >= 0.3 is 12.3 Å². The Balaban J connectivity index is 1.61. The molecule has 260 valence electrons. The van der Waals surface area contributed by atoms with Crippen molar-refractivity contribution >= 4 is 35.5 Å². The number of nitrogens with one attached hydrogen (secondary N) is 1. The number of oxazole rings is 1. The van der Waals surface area contributed by atoms with E-state index < -0.39 is 59.1 Å².